The summed E-state index contributed by atoms with van der Waals surface area (Å²) in [6, 6.07) is 13.7. The van der Waals surface area contributed by atoms with E-state index in [1.54, 1.807) is 11.8 Å². The maximum absolute atomic E-state index is 12.2. The minimum atomic E-state index is -0.0323. The standard InChI is InChI=1S/C18H20N2O3S/c1-20(10-13-3-8-16-17(9-13)23-12-22-16)11-18(21)19-14-4-6-15(24-2)7-5-14/h3-9H,10-12H2,1-2H3,(H,19,21). The van der Waals surface area contributed by atoms with E-state index in [0.717, 1.165) is 22.7 Å². The first-order valence-corrected chi connectivity index (χ1v) is 8.87. The van der Waals surface area contributed by atoms with Crippen LogP contribution < -0.4 is 14.8 Å². The molecule has 1 heterocycles. The lowest BCUT2D eigenvalue weighted by atomic mass is 10.2. The molecule has 2 aromatic rings. The zero-order valence-electron chi connectivity index (χ0n) is 13.7. The van der Waals surface area contributed by atoms with Gasteiger partial charge in [-0.15, -0.1) is 11.8 Å². The molecule has 0 atom stereocenters. The van der Waals surface area contributed by atoms with Crippen LogP contribution in [0.15, 0.2) is 47.4 Å². The highest BCUT2D eigenvalue weighted by Gasteiger charge is 2.14. The number of rotatable bonds is 6. The Bertz CT molecular complexity index is 719. The smallest absolute Gasteiger partial charge is 0.238 e. The zero-order valence-corrected chi connectivity index (χ0v) is 14.6. The molecule has 1 aliphatic rings. The van der Waals surface area contributed by atoms with E-state index >= 15 is 0 Å². The average Bonchev–Trinajstić information content (AvgIpc) is 3.03. The van der Waals surface area contributed by atoms with Crippen molar-refractivity contribution >= 4 is 23.4 Å². The SMILES string of the molecule is CSc1ccc(NC(=O)CN(C)Cc2ccc3c(c2)OCO3)cc1. The Morgan fingerprint density at radius 2 is 1.92 bits per heavy atom. The fourth-order valence-corrected chi connectivity index (χ4v) is 2.94. The summed E-state index contributed by atoms with van der Waals surface area (Å²) in [5.41, 5.74) is 1.90. The highest BCUT2D eigenvalue weighted by molar-refractivity contribution is 7.98. The minimum absolute atomic E-state index is 0.0323. The van der Waals surface area contributed by atoms with Gasteiger partial charge in [-0.05, 0) is 55.3 Å². The van der Waals surface area contributed by atoms with E-state index in [1.165, 1.54) is 4.90 Å². The van der Waals surface area contributed by atoms with Gasteiger partial charge in [-0.3, -0.25) is 9.69 Å². The van der Waals surface area contributed by atoms with E-state index in [9.17, 15) is 4.79 Å². The molecule has 2 aromatic carbocycles. The van der Waals surface area contributed by atoms with Crippen LogP contribution in [0, 0.1) is 0 Å². The summed E-state index contributed by atoms with van der Waals surface area (Å²) in [4.78, 5) is 15.3. The van der Waals surface area contributed by atoms with Gasteiger partial charge in [-0.25, -0.2) is 0 Å². The number of hydrogen-bond donors (Lipinski definition) is 1. The highest BCUT2D eigenvalue weighted by atomic mass is 32.2. The van der Waals surface area contributed by atoms with Gasteiger partial charge in [0.25, 0.3) is 0 Å². The normalized spacial score (nSPS) is 12.5. The Hall–Kier alpha value is -2.18. The second kappa shape index (κ2) is 7.59. The number of nitrogens with one attached hydrogen (secondary N) is 1. The Kier molecular flexibility index (Phi) is 5.27. The summed E-state index contributed by atoms with van der Waals surface area (Å²) in [6.07, 6.45) is 2.03. The number of nitrogens with zero attached hydrogens (tertiary/aromatic N) is 1. The maximum Gasteiger partial charge on any atom is 0.238 e. The Balaban J connectivity index is 1.52. The Morgan fingerprint density at radius 1 is 1.17 bits per heavy atom. The van der Waals surface area contributed by atoms with E-state index in [2.05, 4.69) is 5.32 Å². The minimum Gasteiger partial charge on any atom is -0.454 e. The van der Waals surface area contributed by atoms with Crippen LogP contribution in [0.1, 0.15) is 5.56 Å². The number of carbonyl (C=O) groups is 1. The molecule has 3 rings (SSSR count). The van der Waals surface area contributed by atoms with E-state index in [-0.39, 0.29) is 12.7 Å². The first-order valence-electron chi connectivity index (χ1n) is 7.65. The molecule has 0 bridgehead atoms. The second-order valence-electron chi connectivity index (χ2n) is 5.64. The summed E-state index contributed by atoms with van der Waals surface area (Å²) < 4.78 is 10.7. The molecule has 0 aliphatic carbocycles. The predicted octanol–water partition coefficient (Wildman–Crippen LogP) is 3.21. The molecule has 0 aromatic heterocycles. The molecule has 1 N–H and O–H groups in total. The number of hydrogen-bond acceptors (Lipinski definition) is 5. The molecule has 1 amide bonds. The van der Waals surface area contributed by atoms with Crippen LogP contribution in [0.25, 0.3) is 0 Å². The molecular formula is C18H20N2O3S. The topological polar surface area (TPSA) is 50.8 Å². The number of anilines is 1. The van der Waals surface area contributed by atoms with Crippen molar-refractivity contribution in [3.63, 3.8) is 0 Å². The lowest BCUT2D eigenvalue weighted by Crippen LogP contribution is -2.29. The van der Waals surface area contributed by atoms with Gasteiger partial charge in [0.2, 0.25) is 12.7 Å². The molecule has 126 valence electrons. The fourth-order valence-electron chi connectivity index (χ4n) is 2.53. The second-order valence-corrected chi connectivity index (χ2v) is 6.52. The molecule has 0 saturated carbocycles. The van der Waals surface area contributed by atoms with Crippen LogP contribution in [-0.4, -0.2) is 37.4 Å². The molecule has 5 nitrogen and oxygen atoms in total. The molecule has 0 spiro atoms. The number of fused-ring (bicyclic) bond motifs is 1. The quantitative estimate of drug-likeness (QED) is 0.816. The number of benzene rings is 2. The van der Waals surface area contributed by atoms with Crippen molar-refractivity contribution in [2.24, 2.45) is 0 Å². The van der Waals surface area contributed by atoms with Gasteiger partial charge in [0.05, 0.1) is 6.54 Å². The maximum atomic E-state index is 12.2. The van der Waals surface area contributed by atoms with E-state index in [1.807, 2.05) is 60.7 Å². The lowest BCUT2D eigenvalue weighted by molar-refractivity contribution is -0.117. The van der Waals surface area contributed by atoms with Crippen molar-refractivity contribution in [2.45, 2.75) is 11.4 Å². The van der Waals surface area contributed by atoms with Gasteiger partial charge in [-0.2, -0.15) is 0 Å². The van der Waals surface area contributed by atoms with Crippen LogP contribution in [0.2, 0.25) is 0 Å². The third-order valence-corrected chi connectivity index (χ3v) is 4.42. The van der Waals surface area contributed by atoms with Crippen molar-refractivity contribution in [3.8, 4) is 11.5 Å². The number of amides is 1. The van der Waals surface area contributed by atoms with Gasteiger partial charge < -0.3 is 14.8 Å². The van der Waals surface area contributed by atoms with Crippen LogP contribution in [0.3, 0.4) is 0 Å². The third-order valence-electron chi connectivity index (χ3n) is 3.68. The van der Waals surface area contributed by atoms with Gasteiger partial charge in [0.15, 0.2) is 11.5 Å². The van der Waals surface area contributed by atoms with Crippen LogP contribution in [0.5, 0.6) is 11.5 Å². The van der Waals surface area contributed by atoms with E-state index in [4.69, 9.17) is 9.47 Å². The first kappa shape index (κ1) is 16.7. The van der Waals surface area contributed by atoms with E-state index in [0.29, 0.717) is 13.1 Å². The number of carbonyl (C=O) groups excluding carboxylic acids is 1. The molecule has 24 heavy (non-hydrogen) atoms. The van der Waals surface area contributed by atoms with Gasteiger partial charge in [0.1, 0.15) is 0 Å². The molecule has 6 heteroatoms. The fraction of sp³-hybridized carbons (Fsp3) is 0.278. The predicted molar refractivity (Wildman–Crippen MR) is 95.8 cm³/mol. The number of thioether (sulfide) groups is 1. The largest absolute Gasteiger partial charge is 0.454 e. The molecule has 0 unspecified atom stereocenters. The van der Waals surface area contributed by atoms with E-state index < -0.39 is 0 Å². The molecule has 0 fully saturated rings. The first-order chi connectivity index (χ1) is 11.6. The van der Waals surface area contributed by atoms with Crippen molar-refractivity contribution in [1.29, 1.82) is 0 Å². The number of ether oxygens (including phenoxy) is 2. The Labute approximate surface area is 145 Å². The van der Waals surface area contributed by atoms with Crippen molar-refractivity contribution in [2.75, 3.05) is 32.0 Å². The van der Waals surface area contributed by atoms with Crippen molar-refractivity contribution < 1.29 is 14.3 Å². The summed E-state index contributed by atoms with van der Waals surface area (Å²) >= 11 is 1.68. The third kappa shape index (κ3) is 4.21. The van der Waals surface area contributed by atoms with Crippen molar-refractivity contribution in [3.05, 3.63) is 48.0 Å². The number of likely N-dealkylation sites (N-methyl/N-ethyl adjacent to an activating group) is 1. The summed E-state index contributed by atoms with van der Waals surface area (Å²) in [5.74, 6) is 1.50. The average molecular weight is 344 g/mol. The summed E-state index contributed by atoms with van der Waals surface area (Å²) in [7, 11) is 1.92. The molecule has 1 aliphatic heterocycles. The van der Waals surface area contributed by atoms with Gasteiger partial charge >= 0.3 is 0 Å². The van der Waals surface area contributed by atoms with Crippen LogP contribution >= 0.6 is 11.8 Å². The van der Waals surface area contributed by atoms with Crippen LogP contribution in [-0.2, 0) is 11.3 Å². The summed E-state index contributed by atoms with van der Waals surface area (Å²) in [6.45, 7) is 1.25. The molecular weight excluding hydrogens is 324 g/mol. The van der Waals surface area contributed by atoms with Gasteiger partial charge in [-0.1, -0.05) is 6.07 Å². The molecule has 0 saturated heterocycles. The van der Waals surface area contributed by atoms with Gasteiger partial charge in [0, 0.05) is 17.1 Å². The van der Waals surface area contributed by atoms with Crippen molar-refractivity contribution in [1.82, 2.24) is 4.90 Å². The highest BCUT2D eigenvalue weighted by Crippen LogP contribution is 2.32. The zero-order chi connectivity index (χ0) is 16.9. The monoisotopic (exact) mass is 344 g/mol. The Morgan fingerprint density at radius 3 is 2.67 bits per heavy atom. The summed E-state index contributed by atoms with van der Waals surface area (Å²) in [5, 5.41) is 2.92. The van der Waals surface area contributed by atoms with Crippen LogP contribution in [0.4, 0.5) is 5.69 Å². The molecule has 0 radical (unpaired) electrons. The lowest BCUT2D eigenvalue weighted by Gasteiger charge is -2.16.